The second kappa shape index (κ2) is 5.96. The van der Waals surface area contributed by atoms with Crippen molar-refractivity contribution in [1.82, 2.24) is 5.32 Å². The Balaban J connectivity index is 1.96. The molecule has 2 nitrogen and oxygen atoms in total. The molecule has 1 fully saturated rings. The maximum Gasteiger partial charge on any atom is 0.119 e. The van der Waals surface area contributed by atoms with Crippen LogP contribution in [0.1, 0.15) is 52.0 Å². The summed E-state index contributed by atoms with van der Waals surface area (Å²) in [5.74, 6) is 2.49. The second-order valence-corrected chi connectivity index (χ2v) is 6.58. The topological polar surface area (TPSA) is 21.3 Å². The molecule has 0 aromatic heterocycles. The SMILES string of the molecule is CCOc1cccc(C2CCC2CNC(C)(C)C)c1. The molecule has 1 aromatic carbocycles. The van der Waals surface area contributed by atoms with Crippen molar-refractivity contribution in [3.63, 3.8) is 0 Å². The Morgan fingerprint density at radius 2 is 2.05 bits per heavy atom. The van der Waals surface area contributed by atoms with Crippen LogP contribution in [0.2, 0.25) is 0 Å². The molecule has 2 rings (SSSR count). The number of nitrogens with one attached hydrogen (secondary N) is 1. The Kier molecular flexibility index (Phi) is 4.51. The Bertz CT molecular complexity index is 408. The Hall–Kier alpha value is -1.02. The first kappa shape index (κ1) is 14.4. The lowest BCUT2D eigenvalue weighted by Crippen LogP contribution is -2.42. The molecule has 106 valence electrons. The number of benzene rings is 1. The van der Waals surface area contributed by atoms with E-state index in [-0.39, 0.29) is 5.54 Å². The van der Waals surface area contributed by atoms with E-state index in [1.165, 1.54) is 18.4 Å². The number of ether oxygens (including phenoxy) is 1. The van der Waals surface area contributed by atoms with Crippen molar-refractivity contribution >= 4 is 0 Å². The molecule has 19 heavy (non-hydrogen) atoms. The van der Waals surface area contributed by atoms with Gasteiger partial charge in [-0.3, -0.25) is 0 Å². The average Bonchev–Trinajstić information content (AvgIpc) is 2.27. The molecule has 0 saturated heterocycles. The molecule has 1 aliphatic carbocycles. The maximum atomic E-state index is 5.60. The van der Waals surface area contributed by atoms with Crippen molar-refractivity contribution in [3.05, 3.63) is 29.8 Å². The van der Waals surface area contributed by atoms with Crippen LogP contribution in [0.5, 0.6) is 5.75 Å². The van der Waals surface area contributed by atoms with Crippen LogP contribution in [0, 0.1) is 5.92 Å². The molecular formula is C17H27NO. The zero-order valence-electron chi connectivity index (χ0n) is 12.7. The summed E-state index contributed by atoms with van der Waals surface area (Å²) in [6.07, 6.45) is 2.65. The van der Waals surface area contributed by atoms with Gasteiger partial charge < -0.3 is 10.1 Å². The Labute approximate surface area is 117 Å². The molecule has 1 aliphatic rings. The quantitative estimate of drug-likeness (QED) is 0.866. The number of hydrogen-bond acceptors (Lipinski definition) is 2. The molecule has 1 N–H and O–H groups in total. The Morgan fingerprint density at radius 3 is 2.63 bits per heavy atom. The van der Waals surface area contributed by atoms with Gasteiger partial charge in [0.2, 0.25) is 0 Å². The Morgan fingerprint density at radius 1 is 1.26 bits per heavy atom. The van der Waals surface area contributed by atoms with Crippen LogP contribution >= 0.6 is 0 Å². The van der Waals surface area contributed by atoms with E-state index in [2.05, 4.69) is 44.3 Å². The summed E-state index contributed by atoms with van der Waals surface area (Å²) in [4.78, 5) is 0. The summed E-state index contributed by atoms with van der Waals surface area (Å²) in [5, 5.41) is 3.63. The van der Waals surface area contributed by atoms with E-state index in [4.69, 9.17) is 4.74 Å². The predicted molar refractivity (Wildman–Crippen MR) is 80.8 cm³/mol. The molecule has 2 heteroatoms. The molecule has 1 saturated carbocycles. The fraction of sp³-hybridized carbons (Fsp3) is 0.647. The number of hydrogen-bond donors (Lipinski definition) is 1. The van der Waals surface area contributed by atoms with E-state index in [1.807, 2.05) is 13.0 Å². The zero-order chi connectivity index (χ0) is 13.9. The van der Waals surface area contributed by atoms with Gasteiger partial charge in [-0.05, 0) is 76.6 Å². The first-order chi connectivity index (χ1) is 8.99. The highest BCUT2D eigenvalue weighted by Gasteiger charge is 2.32. The summed E-state index contributed by atoms with van der Waals surface area (Å²) in [6.45, 7) is 10.6. The molecule has 2 unspecified atom stereocenters. The first-order valence-corrected chi connectivity index (χ1v) is 7.47. The first-order valence-electron chi connectivity index (χ1n) is 7.47. The van der Waals surface area contributed by atoms with Gasteiger partial charge in [0.15, 0.2) is 0 Å². The van der Waals surface area contributed by atoms with Crippen molar-refractivity contribution < 1.29 is 4.74 Å². The average molecular weight is 261 g/mol. The third kappa shape index (κ3) is 3.97. The lowest BCUT2D eigenvalue weighted by Gasteiger charge is -2.39. The van der Waals surface area contributed by atoms with Crippen LogP contribution in [0.15, 0.2) is 24.3 Å². The van der Waals surface area contributed by atoms with Crippen molar-refractivity contribution in [2.24, 2.45) is 5.92 Å². The molecule has 2 atom stereocenters. The molecule has 0 bridgehead atoms. The molecule has 0 amide bonds. The maximum absolute atomic E-state index is 5.60. The lowest BCUT2D eigenvalue weighted by molar-refractivity contribution is 0.225. The van der Waals surface area contributed by atoms with Crippen molar-refractivity contribution in [1.29, 1.82) is 0 Å². The largest absolute Gasteiger partial charge is 0.494 e. The van der Waals surface area contributed by atoms with E-state index in [1.54, 1.807) is 0 Å². The number of rotatable bonds is 5. The van der Waals surface area contributed by atoms with Gasteiger partial charge in [0.25, 0.3) is 0 Å². The highest BCUT2D eigenvalue weighted by atomic mass is 16.5. The summed E-state index contributed by atoms with van der Waals surface area (Å²) < 4.78 is 5.60. The van der Waals surface area contributed by atoms with Crippen LogP contribution < -0.4 is 10.1 Å². The van der Waals surface area contributed by atoms with Gasteiger partial charge in [0, 0.05) is 5.54 Å². The van der Waals surface area contributed by atoms with Crippen LogP contribution in [-0.2, 0) is 0 Å². The van der Waals surface area contributed by atoms with Gasteiger partial charge >= 0.3 is 0 Å². The van der Waals surface area contributed by atoms with E-state index in [0.717, 1.165) is 24.8 Å². The van der Waals surface area contributed by atoms with Gasteiger partial charge in [0.1, 0.15) is 5.75 Å². The predicted octanol–water partition coefficient (Wildman–Crippen LogP) is 3.97. The highest BCUT2D eigenvalue weighted by Crippen LogP contribution is 2.43. The monoisotopic (exact) mass is 261 g/mol. The van der Waals surface area contributed by atoms with Crippen LogP contribution in [0.4, 0.5) is 0 Å². The van der Waals surface area contributed by atoms with Crippen LogP contribution in [0.25, 0.3) is 0 Å². The van der Waals surface area contributed by atoms with Gasteiger partial charge in [0.05, 0.1) is 6.61 Å². The normalized spacial score (nSPS) is 22.9. The van der Waals surface area contributed by atoms with Crippen LogP contribution in [-0.4, -0.2) is 18.7 Å². The molecule has 0 heterocycles. The summed E-state index contributed by atoms with van der Waals surface area (Å²) in [7, 11) is 0. The summed E-state index contributed by atoms with van der Waals surface area (Å²) in [5.41, 5.74) is 1.66. The molecule has 0 aliphatic heterocycles. The summed E-state index contributed by atoms with van der Waals surface area (Å²) >= 11 is 0. The fourth-order valence-electron chi connectivity index (χ4n) is 2.69. The standard InChI is InChI=1S/C17H27NO/c1-5-19-15-8-6-7-13(11-15)16-10-9-14(16)12-18-17(2,3)4/h6-8,11,14,16,18H,5,9-10,12H2,1-4H3. The molecule has 0 spiro atoms. The van der Waals surface area contributed by atoms with Crippen molar-refractivity contribution in [2.45, 2.75) is 52.0 Å². The minimum Gasteiger partial charge on any atom is -0.494 e. The van der Waals surface area contributed by atoms with Crippen molar-refractivity contribution in [3.8, 4) is 5.75 Å². The van der Waals surface area contributed by atoms with E-state index in [9.17, 15) is 0 Å². The van der Waals surface area contributed by atoms with E-state index >= 15 is 0 Å². The highest BCUT2D eigenvalue weighted by molar-refractivity contribution is 5.32. The lowest BCUT2D eigenvalue weighted by atomic mass is 9.70. The zero-order valence-corrected chi connectivity index (χ0v) is 12.7. The minimum absolute atomic E-state index is 0.216. The smallest absolute Gasteiger partial charge is 0.119 e. The summed E-state index contributed by atoms with van der Waals surface area (Å²) in [6, 6.07) is 8.63. The molecular weight excluding hydrogens is 234 g/mol. The molecule has 1 aromatic rings. The van der Waals surface area contributed by atoms with Gasteiger partial charge in [-0.15, -0.1) is 0 Å². The van der Waals surface area contributed by atoms with Gasteiger partial charge in [-0.2, -0.15) is 0 Å². The third-order valence-electron chi connectivity index (χ3n) is 3.91. The van der Waals surface area contributed by atoms with E-state index < -0.39 is 0 Å². The fourth-order valence-corrected chi connectivity index (χ4v) is 2.69. The minimum atomic E-state index is 0.216. The van der Waals surface area contributed by atoms with Crippen LogP contribution in [0.3, 0.4) is 0 Å². The van der Waals surface area contributed by atoms with Gasteiger partial charge in [-0.25, -0.2) is 0 Å². The van der Waals surface area contributed by atoms with E-state index in [0.29, 0.717) is 5.92 Å². The molecule has 0 radical (unpaired) electrons. The third-order valence-corrected chi connectivity index (χ3v) is 3.91. The van der Waals surface area contributed by atoms with Crippen molar-refractivity contribution in [2.75, 3.05) is 13.2 Å². The second-order valence-electron chi connectivity index (χ2n) is 6.58. The van der Waals surface area contributed by atoms with Gasteiger partial charge in [-0.1, -0.05) is 12.1 Å².